The van der Waals surface area contributed by atoms with E-state index in [2.05, 4.69) is 26.7 Å². The monoisotopic (exact) mass is 350 g/mol. The molecule has 1 aromatic carbocycles. The van der Waals surface area contributed by atoms with E-state index in [1.165, 1.54) is 36.8 Å². The van der Waals surface area contributed by atoms with Crippen molar-refractivity contribution in [1.82, 2.24) is 9.97 Å². The summed E-state index contributed by atoms with van der Waals surface area (Å²) in [6.07, 6.45) is 9.95. The Balaban J connectivity index is 1.59. The van der Waals surface area contributed by atoms with E-state index in [0.717, 1.165) is 24.2 Å². The number of aryl methyl sites for hydroxylation is 2. The van der Waals surface area contributed by atoms with Crippen molar-refractivity contribution in [2.24, 2.45) is 0 Å². The van der Waals surface area contributed by atoms with Gasteiger partial charge in [-0.25, -0.2) is 9.97 Å². The summed E-state index contributed by atoms with van der Waals surface area (Å²) in [4.78, 5) is 21.1. The third kappa shape index (κ3) is 4.91. The molecule has 0 bridgehead atoms. The molecule has 0 fully saturated rings. The van der Waals surface area contributed by atoms with E-state index in [9.17, 15) is 4.79 Å². The molecule has 1 heterocycles. The standard InChI is InChI=1S/C21H26N4O/c1-15-8-9-18(16(2)14-15)24-20(26)19-11-13-23-21(25-19)22-12-10-17-6-4-3-5-7-17/h6,8-9,11,13-14H,3-5,7,10,12H2,1-2H3,(H,24,26)(H,22,23,25). The summed E-state index contributed by atoms with van der Waals surface area (Å²) >= 11 is 0. The first-order valence-corrected chi connectivity index (χ1v) is 9.25. The minimum atomic E-state index is -0.225. The molecule has 0 saturated heterocycles. The molecule has 0 atom stereocenters. The van der Waals surface area contributed by atoms with Crippen molar-refractivity contribution in [2.75, 3.05) is 17.2 Å². The molecular weight excluding hydrogens is 324 g/mol. The maximum Gasteiger partial charge on any atom is 0.274 e. The molecule has 2 N–H and O–H groups in total. The molecule has 1 aromatic heterocycles. The number of anilines is 2. The van der Waals surface area contributed by atoms with Crippen LogP contribution in [-0.4, -0.2) is 22.4 Å². The number of amides is 1. The number of aromatic nitrogens is 2. The lowest BCUT2D eigenvalue weighted by Gasteiger charge is -2.13. The average molecular weight is 350 g/mol. The second-order valence-corrected chi connectivity index (χ2v) is 6.82. The van der Waals surface area contributed by atoms with Crippen molar-refractivity contribution in [1.29, 1.82) is 0 Å². The van der Waals surface area contributed by atoms with Gasteiger partial charge in [-0.3, -0.25) is 4.79 Å². The lowest BCUT2D eigenvalue weighted by atomic mass is 9.97. The second kappa shape index (κ2) is 8.61. The van der Waals surface area contributed by atoms with Crippen LogP contribution < -0.4 is 10.6 Å². The van der Waals surface area contributed by atoms with Gasteiger partial charge in [0.2, 0.25) is 5.95 Å². The largest absolute Gasteiger partial charge is 0.354 e. The van der Waals surface area contributed by atoms with Crippen LogP contribution in [0.15, 0.2) is 42.1 Å². The minimum Gasteiger partial charge on any atom is -0.354 e. The summed E-state index contributed by atoms with van der Waals surface area (Å²) in [5.41, 5.74) is 4.87. The van der Waals surface area contributed by atoms with Gasteiger partial charge < -0.3 is 10.6 Å². The molecule has 3 rings (SSSR count). The van der Waals surface area contributed by atoms with Gasteiger partial charge in [0.05, 0.1) is 0 Å². The highest BCUT2D eigenvalue weighted by atomic mass is 16.1. The summed E-state index contributed by atoms with van der Waals surface area (Å²) in [5.74, 6) is 0.270. The zero-order chi connectivity index (χ0) is 18.4. The van der Waals surface area contributed by atoms with Crippen LogP contribution in [0.2, 0.25) is 0 Å². The topological polar surface area (TPSA) is 66.9 Å². The van der Waals surface area contributed by atoms with Gasteiger partial charge in [0.1, 0.15) is 5.69 Å². The Labute approximate surface area is 155 Å². The van der Waals surface area contributed by atoms with E-state index in [-0.39, 0.29) is 5.91 Å². The van der Waals surface area contributed by atoms with Gasteiger partial charge in [-0.05, 0) is 63.6 Å². The van der Waals surface area contributed by atoms with E-state index in [1.807, 2.05) is 32.0 Å². The maximum absolute atomic E-state index is 12.5. The zero-order valence-corrected chi connectivity index (χ0v) is 15.5. The van der Waals surface area contributed by atoms with Gasteiger partial charge in [-0.1, -0.05) is 29.3 Å². The predicted molar refractivity (Wildman–Crippen MR) is 106 cm³/mol. The third-order valence-electron chi connectivity index (χ3n) is 4.63. The maximum atomic E-state index is 12.5. The van der Waals surface area contributed by atoms with Crippen LogP contribution >= 0.6 is 0 Å². The van der Waals surface area contributed by atoms with Crippen molar-refractivity contribution >= 4 is 17.5 Å². The highest BCUT2D eigenvalue weighted by molar-refractivity contribution is 6.03. The quantitative estimate of drug-likeness (QED) is 0.744. The van der Waals surface area contributed by atoms with Crippen LogP contribution in [-0.2, 0) is 0 Å². The number of allylic oxidation sites excluding steroid dienone is 1. The molecule has 0 aliphatic heterocycles. The Morgan fingerprint density at radius 3 is 2.85 bits per heavy atom. The van der Waals surface area contributed by atoms with E-state index >= 15 is 0 Å². The Bertz CT molecular complexity index is 813. The number of rotatable bonds is 6. The Hall–Kier alpha value is -2.69. The summed E-state index contributed by atoms with van der Waals surface area (Å²) in [6, 6.07) is 7.58. The second-order valence-electron chi connectivity index (χ2n) is 6.82. The van der Waals surface area contributed by atoms with Crippen LogP contribution in [0, 0.1) is 13.8 Å². The van der Waals surface area contributed by atoms with Crippen molar-refractivity contribution in [3.8, 4) is 0 Å². The SMILES string of the molecule is Cc1ccc(NC(=O)c2ccnc(NCCC3=CCCCC3)n2)c(C)c1. The molecule has 136 valence electrons. The van der Waals surface area contributed by atoms with Crippen molar-refractivity contribution < 1.29 is 4.79 Å². The number of hydrogen-bond acceptors (Lipinski definition) is 4. The van der Waals surface area contributed by atoms with E-state index in [4.69, 9.17) is 0 Å². The number of carbonyl (C=O) groups excluding carboxylic acids is 1. The third-order valence-corrected chi connectivity index (χ3v) is 4.63. The Morgan fingerprint density at radius 1 is 1.19 bits per heavy atom. The molecule has 1 aliphatic carbocycles. The molecule has 5 nitrogen and oxygen atoms in total. The smallest absolute Gasteiger partial charge is 0.274 e. The fourth-order valence-electron chi connectivity index (χ4n) is 3.18. The Morgan fingerprint density at radius 2 is 2.08 bits per heavy atom. The molecular formula is C21H26N4O. The lowest BCUT2D eigenvalue weighted by molar-refractivity contribution is 0.102. The van der Waals surface area contributed by atoms with Crippen molar-refractivity contribution in [3.05, 3.63) is 58.9 Å². The molecule has 2 aromatic rings. The van der Waals surface area contributed by atoms with Crippen LogP contribution in [0.1, 0.15) is 53.7 Å². The normalized spacial score (nSPS) is 13.8. The Kier molecular flexibility index (Phi) is 6.00. The molecule has 1 amide bonds. The minimum absolute atomic E-state index is 0.225. The molecule has 5 heteroatoms. The summed E-state index contributed by atoms with van der Waals surface area (Å²) in [7, 11) is 0. The highest BCUT2D eigenvalue weighted by Gasteiger charge is 2.11. The fourth-order valence-corrected chi connectivity index (χ4v) is 3.18. The van der Waals surface area contributed by atoms with E-state index in [0.29, 0.717) is 11.6 Å². The zero-order valence-electron chi connectivity index (χ0n) is 15.5. The number of nitrogens with zero attached hydrogens (tertiary/aromatic N) is 2. The van der Waals surface area contributed by atoms with Gasteiger partial charge in [0, 0.05) is 18.4 Å². The number of benzene rings is 1. The van der Waals surface area contributed by atoms with Crippen LogP contribution in [0.4, 0.5) is 11.6 Å². The molecule has 0 saturated carbocycles. The predicted octanol–water partition coefficient (Wildman–Crippen LogP) is 4.65. The molecule has 0 radical (unpaired) electrons. The van der Waals surface area contributed by atoms with Crippen LogP contribution in [0.5, 0.6) is 0 Å². The number of carbonyl (C=O) groups is 1. The lowest BCUT2D eigenvalue weighted by Crippen LogP contribution is -2.16. The van der Waals surface area contributed by atoms with E-state index in [1.54, 1.807) is 12.3 Å². The average Bonchev–Trinajstić information content (AvgIpc) is 2.65. The summed E-state index contributed by atoms with van der Waals surface area (Å²) in [5, 5.41) is 6.15. The van der Waals surface area contributed by atoms with Crippen LogP contribution in [0.25, 0.3) is 0 Å². The van der Waals surface area contributed by atoms with Gasteiger partial charge in [0.25, 0.3) is 5.91 Å². The number of hydrogen-bond donors (Lipinski definition) is 2. The van der Waals surface area contributed by atoms with E-state index < -0.39 is 0 Å². The van der Waals surface area contributed by atoms with Gasteiger partial charge in [0.15, 0.2) is 0 Å². The molecule has 0 unspecified atom stereocenters. The fraction of sp³-hybridized carbons (Fsp3) is 0.381. The highest BCUT2D eigenvalue weighted by Crippen LogP contribution is 2.20. The summed E-state index contributed by atoms with van der Waals surface area (Å²) < 4.78 is 0. The van der Waals surface area contributed by atoms with Crippen LogP contribution in [0.3, 0.4) is 0 Å². The molecule has 0 spiro atoms. The van der Waals surface area contributed by atoms with Crippen molar-refractivity contribution in [3.63, 3.8) is 0 Å². The first kappa shape index (κ1) is 18.1. The van der Waals surface area contributed by atoms with Gasteiger partial charge in [-0.2, -0.15) is 0 Å². The summed E-state index contributed by atoms with van der Waals surface area (Å²) in [6.45, 7) is 4.80. The van der Waals surface area contributed by atoms with Crippen molar-refractivity contribution in [2.45, 2.75) is 46.0 Å². The number of nitrogens with one attached hydrogen (secondary N) is 2. The first-order chi connectivity index (χ1) is 12.6. The van der Waals surface area contributed by atoms with Gasteiger partial charge in [-0.15, -0.1) is 0 Å². The first-order valence-electron chi connectivity index (χ1n) is 9.25. The molecule has 26 heavy (non-hydrogen) atoms. The van der Waals surface area contributed by atoms with Gasteiger partial charge >= 0.3 is 0 Å². The molecule has 1 aliphatic rings.